The van der Waals surface area contributed by atoms with Crippen molar-refractivity contribution in [3.8, 4) is 0 Å². The van der Waals surface area contributed by atoms with E-state index in [1.54, 1.807) is 6.92 Å². The molecule has 0 aromatic heterocycles. The molecule has 2 N–H and O–H groups in total. The zero-order valence-corrected chi connectivity index (χ0v) is 10.2. The van der Waals surface area contributed by atoms with Gasteiger partial charge < -0.3 is 15.1 Å². The molecule has 0 saturated carbocycles. The molecule has 90 valence electrons. The molecule has 16 heavy (non-hydrogen) atoms. The van der Waals surface area contributed by atoms with E-state index in [9.17, 15) is 5.11 Å². The van der Waals surface area contributed by atoms with Crippen molar-refractivity contribution in [2.24, 2.45) is 0 Å². The van der Waals surface area contributed by atoms with Crippen LogP contribution in [0.25, 0.3) is 0 Å². The fourth-order valence-corrected chi connectivity index (χ4v) is 1.74. The smallest absolute Gasteiger partial charge is 0.0761 e. The molecule has 0 amide bonds. The first-order chi connectivity index (χ1) is 7.56. The molecule has 1 rings (SSSR count). The van der Waals surface area contributed by atoms with Crippen LogP contribution in [0, 0.1) is 0 Å². The van der Waals surface area contributed by atoms with Crippen LogP contribution in [0.15, 0.2) is 24.3 Å². The van der Waals surface area contributed by atoms with Crippen molar-refractivity contribution < 1.29 is 10.2 Å². The molecule has 0 bridgehead atoms. The Morgan fingerprint density at radius 3 is 2.06 bits per heavy atom. The van der Waals surface area contributed by atoms with E-state index in [2.05, 4.69) is 18.7 Å². The Hall–Kier alpha value is -1.06. The summed E-state index contributed by atoms with van der Waals surface area (Å²) in [7, 11) is 0. The summed E-state index contributed by atoms with van der Waals surface area (Å²) in [6, 6.07) is 8.17. The van der Waals surface area contributed by atoms with E-state index in [0.29, 0.717) is 12.6 Å². The largest absolute Gasteiger partial charge is 0.395 e. The van der Waals surface area contributed by atoms with Crippen molar-refractivity contribution in [3.05, 3.63) is 29.8 Å². The first-order valence-corrected chi connectivity index (χ1v) is 5.71. The summed E-state index contributed by atoms with van der Waals surface area (Å²) >= 11 is 0. The second-order valence-electron chi connectivity index (χ2n) is 4.28. The van der Waals surface area contributed by atoms with Gasteiger partial charge >= 0.3 is 0 Å². The van der Waals surface area contributed by atoms with Crippen LogP contribution in [0.1, 0.15) is 32.4 Å². The first kappa shape index (κ1) is 13.0. The van der Waals surface area contributed by atoms with Gasteiger partial charge in [0.1, 0.15) is 0 Å². The lowest BCUT2D eigenvalue weighted by Crippen LogP contribution is -2.33. The monoisotopic (exact) mass is 223 g/mol. The van der Waals surface area contributed by atoms with Crippen LogP contribution in [0.2, 0.25) is 0 Å². The van der Waals surface area contributed by atoms with Crippen molar-refractivity contribution in [1.29, 1.82) is 0 Å². The van der Waals surface area contributed by atoms with Crippen LogP contribution in [0.3, 0.4) is 0 Å². The van der Waals surface area contributed by atoms with Gasteiger partial charge in [0, 0.05) is 18.3 Å². The third-order valence-corrected chi connectivity index (χ3v) is 2.67. The number of aliphatic hydroxyl groups excluding tert-OH is 2. The van der Waals surface area contributed by atoms with Crippen LogP contribution in [-0.4, -0.2) is 29.4 Å². The normalized spacial score (nSPS) is 12.9. The molecule has 0 radical (unpaired) electrons. The van der Waals surface area contributed by atoms with Gasteiger partial charge in [0.15, 0.2) is 0 Å². The van der Waals surface area contributed by atoms with Gasteiger partial charge in [-0.2, -0.15) is 0 Å². The highest BCUT2D eigenvalue weighted by atomic mass is 16.3. The maximum Gasteiger partial charge on any atom is 0.0761 e. The van der Waals surface area contributed by atoms with Crippen LogP contribution in [-0.2, 0) is 0 Å². The van der Waals surface area contributed by atoms with Crippen LogP contribution >= 0.6 is 0 Å². The van der Waals surface area contributed by atoms with E-state index in [1.807, 2.05) is 24.3 Å². The summed E-state index contributed by atoms with van der Waals surface area (Å²) in [4.78, 5) is 2.13. The predicted molar refractivity (Wildman–Crippen MR) is 66.6 cm³/mol. The van der Waals surface area contributed by atoms with Gasteiger partial charge in [-0.3, -0.25) is 0 Å². The Kier molecular flexibility index (Phi) is 4.77. The Morgan fingerprint density at radius 1 is 1.12 bits per heavy atom. The molecule has 3 heteroatoms. The highest BCUT2D eigenvalue weighted by molar-refractivity contribution is 5.48. The lowest BCUT2D eigenvalue weighted by molar-refractivity contribution is 0.199. The molecule has 0 spiro atoms. The molecule has 1 unspecified atom stereocenters. The molecule has 0 aliphatic rings. The van der Waals surface area contributed by atoms with Crippen LogP contribution in [0.4, 0.5) is 5.69 Å². The van der Waals surface area contributed by atoms with E-state index in [0.717, 1.165) is 11.3 Å². The fraction of sp³-hybridized carbons (Fsp3) is 0.538. The zero-order chi connectivity index (χ0) is 12.1. The Balaban J connectivity index is 2.85. The van der Waals surface area contributed by atoms with Gasteiger partial charge in [-0.05, 0) is 38.5 Å². The maximum atomic E-state index is 9.41. The predicted octanol–water partition coefficient (Wildman–Crippen LogP) is 1.95. The minimum atomic E-state index is -0.431. The van der Waals surface area contributed by atoms with E-state index in [4.69, 9.17) is 5.11 Å². The second-order valence-corrected chi connectivity index (χ2v) is 4.28. The number of aliphatic hydroxyl groups is 2. The molecule has 0 fully saturated rings. The lowest BCUT2D eigenvalue weighted by atomic mass is 10.1. The molecule has 0 heterocycles. The van der Waals surface area contributed by atoms with E-state index in [-0.39, 0.29) is 6.61 Å². The summed E-state index contributed by atoms with van der Waals surface area (Å²) in [5.41, 5.74) is 1.99. The average molecular weight is 223 g/mol. The van der Waals surface area contributed by atoms with Gasteiger partial charge in [0.05, 0.1) is 12.7 Å². The third-order valence-electron chi connectivity index (χ3n) is 2.67. The molecular formula is C13H21NO2. The van der Waals surface area contributed by atoms with Gasteiger partial charge in [-0.25, -0.2) is 0 Å². The van der Waals surface area contributed by atoms with Crippen LogP contribution < -0.4 is 4.90 Å². The highest BCUT2D eigenvalue weighted by Crippen LogP contribution is 2.20. The molecule has 1 atom stereocenters. The van der Waals surface area contributed by atoms with Crippen molar-refractivity contribution in [1.82, 2.24) is 0 Å². The second kappa shape index (κ2) is 5.87. The molecular weight excluding hydrogens is 202 g/mol. The number of rotatable bonds is 5. The maximum absolute atomic E-state index is 9.41. The summed E-state index contributed by atoms with van der Waals surface area (Å²) in [6.07, 6.45) is -0.431. The quantitative estimate of drug-likeness (QED) is 0.802. The van der Waals surface area contributed by atoms with Crippen molar-refractivity contribution in [3.63, 3.8) is 0 Å². The standard InChI is InChI=1S/C13H21NO2/c1-10(2)14(8-9-15)13-6-4-12(5-7-13)11(3)16/h4-7,10-11,15-16H,8-9H2,1-3H3. The number of benzene rings is 1. The Bertz CT molecular complexity index is 306. The zero-order valence-electron chi connectivity index (χ0n) is 10.2. The molecule has 0 saturated heterocycles. The topological polar surface area (TPSA) is 43.7 Å². The lowest BCUT2D eigenvalue weighted by Gasteiger charge is -2.28. The first-order valence-electron chi connectivity index (χ1n) is 5.71. The van der Waals surface area contributed by atoms with E-state index < -0.39 is 6.10 Å². The van der Waals surface area contributed by atoms with Gasteiger partial charge in [0.2, 0.25) is 0 Å². The molecule has 1 aromatic carbocycles. The number of anilines is 1. The fourth-order valence-electron chi connectivity index (χ4n) is 1.74. The minimum absolute atomic E-state index is 0.149. The van der Waals surface area contributed by atoms with Crippen LogP contribution in [0.5, 0.6) is 0 Å². The summed E-state index contributed by atoms with van der Waals surface area (Å²) in [5, 5.41) is 18.4. The van der Waals surface area contributed by atoms with Gasteiger partial charge in [-0.15, -0.1) is 0 Å². The molecule has 3 nitrogen and oxygen atoms in total. The van der Waals surface area contributed by atoms with Crippen molar-refractivity contribution >= 4 is 5.69 Å². The van der Waals surface area contributed by atoms with Crippen molar-refractivity contribution in [2.75, 3.05) is 18.1 Å². The molecule has 0 aliphatic carbocycles. The number of hydrogen-bond donors (Lipinski definition) is 2. The number of hydrogen-bond acceptors (Lipinski definition) is 3. The molecule has 1 aromatic rings. The Morgan fingerprint density at radius 2 is 1.69 bits per heavy atom. The summed E-state index contributed by atoms with van der Waals surface area (Å²) in [6.45, 7) is 6.72. The molecule has 0 aliphatic heterocycles. The van der Waals surface area contributed by atoms with E-state index in [1.165, 1.54) is 0 Å². The SMILES string of the molecule is CC(O)c1ccc(N(CCO)C(C)C)cc1. The number of nitrogens with zero attached hydrogens (tertiary/aromatic N) is 1. The highest BCUT2D eigenvalue weighted by Gasteiger charge is 2.10. The summed E-state index contributed by atoms with van der Waals surface area (Å²) < 4.78 is 0. The van der Waals surface area contributed by atoms with E-state index >= 15 is 0 Å². The van der Waals surface area contributed by atoms with Crippen molar-refractivity contribution in [2.45, 2.75) is 32.9 Å². The van der Waals surface area contributed by atoms with Gasteiger partial charge in [0.25, 0.3) is 0 Å². The van der Waals surface area contributed by atoms with Gasteiger partial charge in [-0.1, -0.05) is 12.1 Å². The minimum Gasteiger partial charge on any atom is -0.395 e. The third kappa shape index (κ3) is 3.22. The Labute approximate surface area is 97.3 Å². The average Bonchev–Trinajstić information content (AvgIpc) is 2.25. The summed E-state index contributed by atoms with van der Waals surface area (Å²) in [5.74, 6) is 0.